The van der Waals surface area contributed by atoms with Crippen LogP contribution in [0.15, 0.2) is 24.4 Å². The molecule has 0 aliphatic rings. The molecule has 0 aliphatic heterocycles. The smallest absolute Gasteiger partial charge is 0.254 e. The van der Waals surface area contributed by atoms with Gasteiger partial charge in [-0.3, -0.25) is 4.79 Å². The Bertz CT molecular complexity index is 603. The summed E-state index contributed by atoms with van der Waals surface area (Å²) in [5.74, 6) is -1.04. The van der Waals surface area contributed by atoms with Crippen molar-refractivity contribution in [3.05, 3.63) is 50.1 Å². The van der Waals surface area contributed by atoms with Crippen molar-refractivity contribution in [3.8, 4) is 0 Å². The Morgan fingerprint density at radius 2 is 2.21 bits per heavy atom. The zero-order chi connectivity index (χ0) is 13.8. The number of halogens is 3. The van der Waals surface area contributed by atoms with E-state index in [9.17, 15) is 9.18 Å². The third kappa shape index (κ3) is 3.89. The molecule has 19 heavy (non-hydrogen) atoms. The first-order chi connectivity index (χ1) is 9.06. The molecule has 1 amide bonds. The highest BCUT2D eigenvalue weighted by molar-refractivity contribution is 7.16. The molecule has 0 saturated carbocycles. The lowest BCUT2D eigenvalue weighted by Gasteiger charge is -2.05. The van der Waals surface area contributed by atoms with Gasteiger partial charge in [-0.15, -0.1) is 11.3 Å². The van der Waals surface area contributed by atoms with E-state index in [2.05, 4.69) is 10.3 Å². The Morgan fingerprint density at radius 3 is 2.89 bits per heavy atom. The molecule has 0 bridgehead atoms. The average molecular weight is 319 g/mol. The number of carbonyl (C=O) groups excluding carboxylic acids is 1. The number of hydrogen-bond donors (Lipinski definition) is 1. The van der Waals surface area contributed by atoms with Gasteiger partial charge in [0.05, 0.1) is 16.1 Å². The van der Waals surface area contributed by atoms with Crippen molar-refractivity contribution in [3.63, 3.8) is 0 Å². The quantitative estimate of drug-likeness (QED) is 0.876. The molecule has 2 aromatic heterocycles. The van der Waals surface area contributed by atoms with Crippen LogP contribution in [-0.4, -0.2) is 17.4 Å². The van der Waals surface area contributed by atoms with Crippen LogP contribution in [0.5, 0.6) is 0 Å². The van der Waals surface area contributed by atoms with Crippen molar-refractivity contribution in [1.29, 1.82) is 0 Å². The highest BCUT2D eigenvalue weighted by Gasteiger charge is 2.12. The van der Waals surface area contributed by atoms with Crippen LogP contribution >= 0.6 is 34.5 Å². The Balaban J connectivity index is 1.92. The van der Waals surface area contributed by atoms with Crippen LogP contribution in [0.3, 0.4) is 0 Å². The SMILES string of the molecule is O=C(NCCc1ccc(Cl)s1)c1cc(F)cnc1Cl. The van der Waals surface area contributed by atoms with Crippen molar-refractivity contribution in [2.75, 3.05) is 6.54 Å². The van der Waals surface area contributed by atoms with Crippen LogP contribution in [0, 0.1) is 5.82 Å². The minimum absolute atomic E-state index is 0.0157. The summed E-state index contributed by atoms with van der Waals surface area (Å²) in [6.45, 7) is 0.419. The molecule has 1 N–H and O–H groups in total. The van der Waals surface area contributed by atoms with Gasteiger partial charge in [0.2, 0.25) is 0 Å². The predicted octanol–water partition coefficient (Wildman–Crippen LogP) is 3.56. The molecule has 7 heteroatoms. The van der Waals surface area contributed by atoms with Crippen LogP contribution in [-0.2, 0) is 6.42 Å². The zero-order valence-electron chi connectivity index (χ0n) is 9.62. The van der Waals surface area contributed by atoms with Gasteiger partial charge < -0.3 is 5.32 Å². The molecule has 0 aromatic carbocycles. The fourth-order valence-electron chi connectivity index (χ4n) is 1.46. The van der Waals surface area contributed by atoms with Crippen LogP contribution in [0.4, 0.5) is 4.39 Å². The lowest BCUT2D eigenvalue weighted by Crippen LogP contribution is -2.26. The highest BCUT2D eigenvalue weighted by Crippen LogP contribution is 2.21. The van der Waals surface area contributed by atoms with E-state index >= 15 is 0 Å². The van der Waals surface area contributed by atoms with E-state index in [0.29, 0.717) is 17.3 Å². The van der Waals surface area contributed by atoms with Crippen molar-refractivity contribution >= 4 is 40.4 Å². The normalized spacial score (nSPS) is 10.5. The summed E-state index contributed by atoms with van der Waals surface area (Å²) in [7, 11) is 0. The van der Waals surface area contributed by atoms with E-state index in [0.717, 1.165) is 17.1 Å². The summed E-state index contributed by atoms with van der Waals surface area (Å²) in [5, 5.41) is 2.64. The van der Waals surface area contributed by atoms with Gasteiger partial charge in [0, 0.05) is 11.4 Å². The fourth-order valence-corrected chi connectivity index (χ4v) is 2.74. The van der Waals surface area contributed by atoms with Crippen LogP contribution in [0.1, 0.15) is 15.2 Å². The van der Waals surface area contributed by atoms with Crippen LogP contribution in [0.2, 0.25) is 9.49 Å². The number of pyridine rings is 1. The number of nitrogens with one attached hydrogen (secondary N) is 1. The van der Waals surface area contributed by atoms with Gasteiger partial charge >= 0.3 is 0 Å². The van der Waals surface area contributed by atoms with Crippen molar-refractivity contribution in [2.24, 2.45) is 0 Å². The van der Waals surface area contributed by atoms with Crippen LogP contribution in [0.25, 0.3) is 0 Å². The van der Waals surface area contributed by atoms with E-state index in [4.69, 9.17) is 23.2 Å². The summed E-state index contributed by atoms with van der Waals surface area (Å²) < 4.78 is 13.7. The van der Waals surface area contributed by atoms with E-state index in [1.54, 1.807) is 6.07 Å². The number of hydrogen-bond acceptors (Lipinski definition) is 3. The molecule has 2 rings (SSSR count). The molecule has 0 spiro atoms. The predicted molar refractivity (Wildman–Crippen MR) is 74.6 cm³/mol. The Hall–Kier alpha value is -1.17. The minimum Gasteiger partial charge on any atom is -0.352 e. The van der Waals surface area contributed by atoms with E-state index in [-0.39, 0.29) is 10.7 Å². The monoisotopic (exact) mass is 318 g/mol. The first kappa shape index (κ1) is 14.2. The van der Waals surface area contributed by atoms with Gasteiger partial charge in [0.25, 0.3) is 5.91 Å². The zero-order valence-corrected chi connectivity index (χ0v) is 11.9. The number of amides is 1. The van der Waals surface area contributed by atoms with Gasteiger partial charge in [0.15, 0.2) is 0 Å². The number of aromatic nitrogens is 1. The Labute approximate surface area is 123 Å². The Morgan fingerprint density at radius 1 is 1.42 bits per heavy atom. The van der Waals surface area contributed by atoms with Crippen molar-refractivity contribution in [1.82, 2.24) is 10.3 Å². The average Bonchev–Trinajstić information content (AvgIpc) is 2.78. The molecular weight excluding hydrogens is 310 g/mol. The van der Waals surface area contributed by atoms with Gasteiger partial charge in [-0.1, -0.05) is 23.2 Å². The molecule has 0 unspecified atom stereocenters. The fraction of sp³-hybridized carbons (Fsp3) is 0.167. The molecule has 2 heterocycles. The van der Waals surface area contributed by atoms with E-state index < -0.39 is 11.7 Å². The molecule has 0 atom stereocenters. The summed E-state index contributed by atoms with van der Waals surface area (Å²) in [4.78, 5) is 16.4. The first-order valence-corrected chi connectivity index (χ1v) is 6.97. The number of thiophene rings is 1. The topological polar surface area (TPSA) is 42.0 Å². The molecule has 0 aliphatic carbocycles. The second kappa shape index (κ2) is 6.32. The summed E-state index contributed by atoms with van der Waals surface area (Å²) >= 11 is 13.0. The van der Waals surface area contributed by atoms with Gasteiger partial charge in [-0.05, 0) is 24.6 Å². The van der Waals surface area contributed by atoms with Crippen molar-refractivity contribution < 1.29 is 9.18 Å². The number of carbonyl (C=O) groups is 1. The number of rotatable bonds is 4. The van der Waals surface area contributed by atoms with Gasteiger partial charge in [0.1, 0.15) is 11.0 Å². The van der Waals surface area contributed by atoms with Gasteiger partial charge in [-0.2, -0.15) is 0 Å². The first-order valence-electron chi connectivity index (χ1n) is 5.39. The maximum absolute atomic E-state index is 13.0. The molecule has 100 valence electrons. The summed E-state index contributed by atoms with van der Waals surface area (Å²) in [6, 6.07) is 4.76. The molecule has 0 saturated heterocycles. The van der Waals surface area contributed by atoms with Crippen molar-refractivity contribution in [2.45, 2.75) is 6.42 Å². The molecule has 3 nitrogen and oxygen atoms in total. The summed E-state index contributed by atoms with van der Waals surface area (Å²) in [6.07, 6.45) is 1.62. The van der Waals surface area contributed by atoms with E-state index in [1.807, 2.05) is 6.07 Å². The third-order valence-corrected chi connectivity index (χ3v) is 3.93. The second-order valence-electron chi connectivity index (χ2n) is 3.70. The Kier molecular flexibility index (Phi) is 4.74. The largest absolute Gasteiger partial charge is 0.352 e. The van der Waals surface area contributed by atoms with Crippen LogP contribution < -0.4 is 5.32 Å². The van der Waals surface area contributed by atoms with E-state index in [1.165, 1.54) is 11.3 Å². The molecule has 0 radical (unpaired) electrons. The lowest BCUT2D eigenvalue weighted by atomic mass is 10.2. The maximum atomic E-state index is 13.0. The lowest BCUT2D eigenvalue weighted by molar-refractivity contribution is 0.0953. The minimum atomic E-state index is -0.598. The molecule has 0 fully saturated rings. The standard InChI is InChI=1S/C12H9Cl2FN2OS/c13-10-2-1-8(19-10)3-4-16-12(18)9-5-7(15)6-17-11(9)14/h1-2,5-6H,3-4H2,(H,16,18). The molecule has 2 aromatic rings. The second-order valence-corrected chi connectivity index (χ2v) is 5.86. The van der Waals surface area contributed by atoms with Gasteiger partial charge in [-0.25, -0.2) is 9.37 Å². The highest BCUT2D eigenvalue weighted by atomic mass is 35.5. The number of nitrogens with zero attached hydrogens (tertiary/aromatic N) is 1. The maximum Gasteiger partial charge on any atom is 0.254 e. The summed E-state index contributed by atoms with van der Waals surface area (Å²) in [5.41, 5.74) is 0.0332. The third-order valence-electron chi connectivity index (χ3n) is 2.34. The molecular formula is C12H9Cl2FN2OS.